The van der Waals surface area contributed by atoms with E-state index in [0.717, 1.165) is 6.07 Å². The fourth-order valence-electron chi connectivity index (χ4n) is 4.16. The molecule has 0 unspecified atom stereocenters. The highest BCUT2D eigenvalue weighted by Gasteiger charge is 2.39. The van der Waals surface area contributed by atoms with Gasteiger partial charge >= 0.3 is 6.18 Å². The predicted molar refractivity (Wildman–Crippen MR) is 139 cm³/mol. The molecule has 208 valence electrons. The number of amides is 1. The average molecular weight is 621 g/mol. The Bertz CT molecular complexity index is 1610. The zero-order valence-electron chi connectivity index (χ0n) is 20.0. The van der Waals surface area contributed by atoms with E-state index in [-0.39, 0.29) is 52.3 Å². The number of rotatable bonds is 6. The standard InChI is InChI=1S/C25H21Cl2F3N2O5S2/c26-21-9-6-16(14-22(21)27)24(33)32-12-10-17(11-13-32)31-39(36,37)23-15-19(7-8-20(23)25(28,29)30)38(34,35)18-4-2-1-3-5-18/h1-9,14-15,17,31H,10-13H2. The van der Waals surface area contributed by atoms with E-state index in [4.69, 9.17) is 23.2 Å². The minimum Gasteiger partial charge on any atom is -0.339 e. The minimum atomic E-state index is -5.06. The second-order valence-corrected chi connectivity index (χ2v) is 13.2. The molecule has 7 nitrogen and oxygen atoms in total. The van der Waals surface area contributed by atoms with Gasteiger partial charge in [0.25, 0.3) is 5.91 Å². The zero-order chi connectivity index (χ0) is 28.6. The van der Waals surface area contributed by atoms with Crippen LogP contribution in [0.25, 0.3) is 0 Å². The van der Waals surface area contributed by atoms with Crippen molar-refractivity contribution < 1.29 is 34.8 Å². The van der Waals surface area contributed by atoms with E-state index in [9.17, 15) is 34.8 Å². The Morgan fingerprint density at radius 3 is 2.08 bits per heavy atom. The first kappa shape index (κ1) is 29.3. The Hall–Kier alpha value is -2.64. The number of piperidine rings is 1. The SMILES string of the molecule is O=C(c1ccc(Cl)c(Cl)c1)N1CCC(NS(=O)(=O)c2cc(S(=O)(=O)c3ccccc3)ccc2C(F)(F)F)CC1. The van der Waals surface area contributed by atoms with Gasteiger partial charge in [0.1, 0.15) is 0 Å². The summed E-state index contributed by atoms with van der Waals surface area (Å²) in [6.07, 6.45) is -4.82. The third-order valence-corrected chi connectivity index (χ3v) is 10.2. The second kappa shape index (κ2) is 11.1. The zero-order valence-corrected chi connectivity index (χ0v) is 23.1. The highest BCUT2D eigenvalue weighted by atomic mass is 35.5. The van der Waals surface area contributed by atoms with Crippen LogP contribution in [-0.2, 0) is 26.0 Å². The molecule has 0 spiro atoms. The summed E-state index contributed by atoms with van der Waals surface area (Å²) in [4.78, 5) is 12.3. The van der Waals surface area contributed by atoms with Crippen molar-refractivity contribution in [2.24, 2.45) is 0 Å². The van der Waals surface area contributed by atoms with Gasteiger partial charge in [-0.2, -0.15) is 13.2 Å². The molecule has 39 heavy (non-hydrogen) atoms. The first-order chi connectivity index (χ1) is 18.2. The Morgan fingerprint density at radius 2 is 1.49 bits per heavy atom. The number of nitrogens with one attached hydrogen (secondary N) is 1. The Morgan fingerprint density at radius 1 is 0.846 bits per heavy atom. The lowest BCUT2D eigenvalue weighted by Crippen LogP contribution is -2.46. The van der Waals surface area contributed by atoms with Crippen LogP contribution >= 0.6 is 23.2 Å². The molecule has 0 bridgehead atoms. The van der Waals surface area contributed by atoms with Crippen LogP contribution in [0, 0.1) is 0 Å². The molecule has 0 radical (unpaired) electrons. The molecule has 1 aliphatic rings. The van der Waals surface area contributed by atoms with Gasteiger partial charge in [-0.15, -0.1) is 0 Å². The van der Waals surface area contributed by atoms with E-state index in [1.54, 1.807) is 6.07 Å². The van der Waals surface area contributed by atoms with Crippen molar-refractivity contribution in [2.75, 3.05) is 13.1 Å². The van der Waals surface area contributed by atoms with Crippen molar-refractivity contribution in [3.8, 4) is 0 Å². The number of sulfonamides is 1. The molecule has 1 amide bonds. The normalized spacial score (nSPS) is 15.4. The summed E-state index contributed by atoms with van der Waals surface area (Å²) >= 11 is 11.9. The second-order valence-electron chi connectivity index (χ2n) is 8.79. The van der Waals surface area contributed by atoms with Crippen LogP contribution in [0.5, 0.6) is 0 Å². The molecule has 0 aliphatic carbocycles. The molecular weight excluding hydrogens is 600 g/mol. The molecule has 0 atom stereocenters. The van der Waals surface area contributed by atoms with Gasteiger partial charge in [0.15, 0.2) is 0 Å². The smallest absolute Gasteiger partial charge is 0.339 e. The van der Waals surface area contributed by atoms with E-state index in [0.29, 0.717) is 12.1 Å². The van der Waals surface area contributed by atoms with Crippen LogP contribution < -0.4 is 4.72 Å². The summed E-state index contributed by atoms with van der Waals surface area (Å²) in [5.41, 5.74) is -1.20. The van der Waals surface area contributed by atoms with Crippen molar-refractivity contribution in [1.82, 2.24) is 9.62 Å². The van der Waals surface area contributed by atoms with Crippen molar-refractivity contribution in [3.05, 3.63) is 87.9 Å². The maximum Gasteiger partial charge on any atom is 0.417 e. The predicted octanol–water partition coefficient (Wildman–Crippen LogP) is 5.43. The Kier molecular flexibility index (Phi) is 8.34. The maximum atomic E-state index is 13.8. The van der Waals surface area contributed by atoms with Gasteiger partial charge in [-0.25, -0.2) is 21.6 Å². The lowest BCUT2D eigenvalue weighted by molar-refractivity contribution is -0.139. The lowest BCUT2D eigenvalue weighted by atomic mass is 10.0. The van der Waals surface area contributed by atoms with Crippen LogP contribution in [-0.4, -0.2) is 46.8 Å². The number of likely N-dealkylation sites (tertiary alicyclic amines) is 1. The number of alkyl halides is 3. The fraction of sp³-hybridized carbons (Fsp3) is 0.240. The summed E-state index contributed by atoms with van der Waals surface area (Å²) in [5.74, 6) is -0.354. The third kappa shape index (κ3) is 6.41. The summed E-state index contributed by atoms with van der Waals surface area (Å²) < 4.78 is 95.8. The van der Waals surface area contributed by atoms with Crippen molar-refractivity contribution in [3.63, 3.8) is 0 Å². The number of halogens is 5. The first-order valence-corrected chi connectivity index (χ1v) is 15.2. The Labute approximate surface area is 233 Å². The Balaban J connectivity index is 1.56. The van der Waals surface area contributed by atoms with Crippen molar-refractivity contribution in [1.29, 1.82) is 0 Å². The molecule has 1 aliphatic heterocycles. The van der Waals surface area contributed by atoms with Gasteiger partial charge < -0.3 is 4.90 Å². The lowest BCUT2D eigenvalue weighted by Gasteiger charge is -2.32. The summed E-state index contributed by atoms with van der Waals surface area (Å²) in [6, 6.07) is 12.3. The summed E-state index contributed by atoms with van der Waals surface area (Å²) in [6.45, 7) is 0.252. The van der Waals surface area contributed by atoms with E-state index in [2.05, 4.69) is 4.72 Å². The van der Waals surface area contributed by atoms with Crippen LogP contribution in [0.3, 0.4) is 0 Å². The number of sulfone groups is 1. The molecule has 1 saturated heterocycles. The highest BCUT2D eigenvalue weighted by Crippen LogP contribution is 2.36. The number of carbonyl (C=O) groups excluding carboxylic acids is 1. The summed E-state index contributed by atoms with van der Waals surface area (Å²) in [7, 11) is -9.10. The number of hydrogen-bond donors (Lipinski definition) is 1. The number of carbonyl (C=O) groups is 1. The number of benzene rings is 3. The third-order valence-electron chi connectivity index (χ3n) is 6.18. The van der Waals surface area contributed by atoms with Gasteiger partial charge in [-0.05, 0) is 61.4 Å². The topological polar surface area (TPSA) is 101 Å². The monoisotopic (exact) mass is 620 g/mol. The first-order valence-electron chi connectivity index (χ1n) is 11.5. The molecule has 1 fully saturated rings. The molecular formula is C25H21Cl2F3N2O5S2. The van der Waals surface area contributed by atoms with E-state index >= 15 is 0 Å². The van der Waals surface area contributed by atoms with E-state index in [1.807, 2.05) is 0 Å². The fourth-order valence-corrected chi connectivity index (χ4v) is 7.39. The molecule has 0 aromatic heterocycles. The maximum absolute atomic E-state index is 13.8. The van der Waals surface area contributed by atoms with Crippen LogP contribution in [0.15, 0.2) is 81.4 Å². The molecule has 1 N–H and O–H groups in total. The van der Waals surface area contributed by atoms with Crippen LogP contribution in [0.4, 0.5) is 13.2 Å². The number of nitrogens with zero attached hydrogens (tertiary/aromatic N) is 1. The molecule has 4 rings (SSSR count). The quantitative estimate of drug-likeness (QED) is 0.396. The molecule has 1 heterocycles. The van der Waals surface area contributed by atoms with E-state index < -0.39 is 47.4 Å². The van der Waals surface area contributed by atoms with Gasteiger partial charge in [0.05, 0.1) is 30.3 Å². The van der Waals surface area contributed by atoms with Gasteiger partial charge in [0, 0.05) is 24.7 Å². The van der Waals surface area contributed by atoms with Crippen molar-refractivity contribution in [2.45, 2.75) is 39.7 Å². The van der Waals surface area contributed by atoms with Crippen LogP contribution in [0.2, 0.25) is 10.0 Å². The van der Waals surface area contributed by atoms with E-state index in [1.165, 1.54) is 47.4 Å². The van der Waals surface area contributed by atoms with Gasteiger partial charge in [-0.1, -0.05) is 41.4 Å². The van der Waals surface area contributed by atoms with Gasteiger partial charge in [0.2, 0.25) is 19.9 Å². The minimum absolute atomic E-state index is 0.121. The average Bonchev–Trinajstić information content (AvgIpc) is 2.89. The molecule has 14 heteroatoms. The van der Waals surface area contributed by atoms with Gasteiger partial charge in [-0.3, -0.25) is 4.79 Å². The molecule has 0 saturated carbocycles. The van der Waals surface area contributed by atoms with Crippen molar-refractivity contribution >= 4 is 49.0 Å². The summed E-state index contributed by atoms with van der Waals surface area (Å²) in [5, 5.41) is 0.474. The highest BCUT2D eigenvalue weighted by molar-refractivity contribution is 7.91. The number of hydrogen-bond acceptors (Lipinski definition) is 5. The van der Waals surface area contributed by atoms with Crippen LogP contribution in [0.1, 0.15) is 28.8 Å². The molecule has 3 aromatic rings. The largest absolute Gasteiger partial charge is 0.417 e. The molecule has 3 aromatic carbocycles.